The topological polar surface area (TPSA) is 66.6 Å². The Bertz CT molecular complexity index is 658. The molecule has 6 heteroatoms. The summed E-state index contributed by atoms with van der Waals surface area (Å²) in [5, 5.41) is 13.9. The molecule has 2 unspecified atom stereocenters. The highest BCUT2D eigenvalue weighted by atomic mass is 16.3. The third-order valence-electron chi connectivity index (χ3n) is 5.75. The summed E-state index contributed by atoms with van der Waals surface area (Å²) in [7, 11) is 2.25. The summed E-state index contributed by atoms with van der Waals surface area (Å²) in [6, 6.07) is 0.702. The van der Waals surface area contributed by atoms with Crippen molar-refractivity contribution in [3.05, 3.63) is 24.3 Å². The molecule has 23 heavy (non-hydrogen) atoms. The third-order valence-corrected chi connectivity index (χ3v) is 5.75. The number of aryl methyl sites for hydroxylation is 1. The maximum Gasteiger partial charge on any atom is 0.252 e. The van der Waals surface area contributed by atoms with E-state index >= 15 is 0 Å². The molecular formula is C17H25N5O. The van der Waals surface area contributed by atoms with Crippen LogP contribution in [-0.2, 0) is 6.42 Å². The molecule has 4 rings (SSSR count). The van der Waals surface area contributed by atoms with Gasteiger partial charge in [0.25, 0.3) is 5.78 Å². The van der Waals surface area contributed by atoms with Crippen LogP contribution >= 0.6 is 0 Å². The summed E-state index contributed by atoms with van der Waals surface area (Å²) in [6.07, 6.45) is 12.2. The van der Waals surface area contributed by atoms with Crippen molar-refractivity contribution >= 4 is 5.78 Å². The van der Waals surface area contributed by atoms with Crippen molar-refractivity contribution in [1.82, 2.24) is 24.5 Å². The molecule has 0 aliphatic heterocycles. The van der Waals surface area contributed by atoms with Gasteiger partial charge in [-0.3, -0.25) is 0 Å². The number of fused-ring (bicyclic) bond motifs is 2. The van der Waals surface area contributed by atoms with Gasteiger partial charge in [-0.05, 0) is 69.5 Å². The number of hydrogen-bond acceptors (Lipinski definition) is 5. The van der Waals surface area contributed by atoms with Gasteiger partial charge in [-0.2, -0.15) is 10.1 Å². The van der Waals surface area contributed by atoms with E-state index in [1.54, 1.807) is 4.52 Å². The molecule has 0 amide bonds. The Kier molecular flexibility index (Phi) is 4.03. The van der Waals surface area contributed by atoms with Crippen molar-refractivity contribution < 1.29 is 5.11 Å². The number of aromatic nitrogens is 4. The second-order valence-corrected chi connectivity index (χ2v) is 7.32. The number of aliphatic hydroxyl groups is 1. The van der Waals surface area contributed by atoms with Crippen LogP contribution in [0.4, 0.5) is 0 Å². The average Bonchev–Trinajstić information content (AvgIpc) is 3.20. The standard InChI is InChI=1S/C17H25N5O/c1-21(15-5-13-7-16(23)8-14(13)6-15)4-2-3-12-9-18-17-19-11-20-22(17)10-12/h9-11,13-16,23H,2-8H2,1H3/t13-,14+,15?,16?. The van der Waals surface area contributed by atoms with Crippen LogP contribution in [0.2, 0.25) is 0 Å². The molecule has 0 saturated heterocycles. The number of nitrogens with zero attached hydrogens (tertiary/aromatic N) is 5. The van der Waals surface area contributed by atoms with Crippen molar-refractivity contribution in [1.29, 1.82) is 0 Å². The summed E-state index contributed by atoms with van der Waals surface area (Å²) < 4.78 is 1.74. The first-order valence-corrected chi connectivity index (χ1v) is 8.71. The SMILES string of the molecule is CN(CCCc1cnc2ncnn2c1)C1C[C@H]2CC(O)C[C@H]2C1. The van der Waals surface area contributed by atoms with E-state index in [4.69, 9.17) is 0 Å². The fourth-order valence-corrected chi connectivity index (χ4v) is 4.52. The van der Waals surface area contributed by atoms with Gasteiger partial charge in [0.05, 0.1) is 6.10 Å². The Hall–Kier alpha value is -1.53. The van der Waals surface area contributed by atoms with Gasteiger partial charge in [0.2, 0.25) is 0 Å². The lowest BCUT2D eigenvalue weighted by Crippen LogP contribution is -2.31. The lowest BCUT2D eigenvalue weighted by atomic mass is 10.0. The molecule has 0 bridgehead atoms. The average molecular weight is 315 g/mol. The van der Waals surface area contributed by atoms with Crippen LogP contribution in [0.1, 0.15) is 37.7 Å². The molecular weight excluding hydrogens is 290 g/mol. The molecule has 2 aliphatic carbocycles. The summed E-state index contributed by atoms with van der Waals surface area (Å²) in [6.45, 7) is 1.11. The summed E-state index contributed by atoms with van der Waals surface area (Å²) in [5.74, 6) is 2.18. The summed E-state index contributed by atoms with van der Waals surface area (Å²) in [4.78, 5) is 10.9. The predicted octanol–water partition coefficient (Wildman–Crippen LogP) is 1.54. The first-order valence-electron chi connectivity index (χ1n) is 8.71. The van der Waals surface area contributed by atoms with Crippen LogP contribution in [-0.4, -0.2) is 55.3 Å². The molecule has 0 spiro atoms. The molecule has 124 valence electrons. The lowest BCUT2D eigenvalue weighted by molar-refractivity contribution is 0.159. The van der Waals surface area contributed by atoms with Gasteiger partial charge in [-0.1, -0.05) is 0 Å². The molecule has 2 aromatic heterocycles. The van der Waals surface area contributed by atoms with Crippen LogP contribution in [0, 0.1) is 11.8 Å². The first kappa shape index (κ1) is 15.0. The minimum absolute atomic E-state index is 0.0320. The van der Waals surface area contributed by atoms with Crippen molar-refractivity contribution in [3.63, 3.8) is 0 Å². The van der Waals surface area contributed by atoms with Gasteiger partial charge >= 0.3 is 0 Å². The van der Waals surface area contributed by atoms with E-state index in [0.29, 0.717) is 11.8 Å². The zero-order chi connectivity index (χ0) is 15.8. The van der Waals surface area contributed by atoms with Gasteiger partial charge in [-0.25, -0.2) is 9.50 Å². The molecule has 2 aliphatic rings. The second kappa shape index (κ2) is 6.17. The van der Waals surface area contributed by atoms with E-state index in [-0.39, 0.29) is 6.10 Å². The Morgan fingerprint density at radius 2 is 2.00 bits per heavy atom. The van der Waals surface area contributed by atoms with Crippen LogP contribution < -0.4 is 0 Å². The van der Waals surface area contributed by atoms with Gasteiger partial charge < -0.3 is 10.0 Å². The first-order chi connectivity index (χ1) is 11.2. The van der Waals surface area contributed by atoms with Crippen LogP contribution in [0.25, 0.3) is 5.78 Å². The second-order valence-electron chi connectivity index (χ2n) is 7.32. The molecule has 2 heterocycles. The van der Waals surface area contributed by atoms with E-state index in [1.165, 1.54) is 24.7 Å². The van der Waals surface area contributed by atoms with Crippen molar-refractivity contribution in [2.75, 3.05) is 13.6 Å². The Labute approximate surface area is 136 Å². The van der Waals surface area contributed by atoms with Crippen LogP contribution in [0.5, 0.6) is 0 Å². The quantitative estimate of drug-likeness (QED) is 0.906. The predicted molar refractivity (Wildman–Crippen MR) is 87.0 cm³/mol. The fourth-order valence-electron chi connectivity index (χ4n) is 4.52. The molecule has 0 radical (unpaired) electrons. The molecule has 2 aromatic rings. The maximum atomic E-state index is 9.76. The van der Waals surface area contributed by atoms with E-state index in [1.807, 2.05) is 12.4 Å². The highest BCUT2D eigenvalue weighted by Gasteiger charge is 2.41. The van der Waals surface area contributed by atoms with E-state index in [9.17, 15) is 5.11 Å². The highest BCUT2D eigenvalue weighted by Crippen LogP contribution is 2.45. The smallest absolute Gasteiger partial charge is 0.252 e. The summed E-state index contributed by atoms with van der Waals surface area (Å²) >= 11 is 0. The van der Waals surface area contributed by atoms with Crippen molar-refractivity contribution in [2.45, 2.75) is 50.7 Å². The minimum atomic E-state index is -0.0320. The van der Waals surface area contributed by atoms with E-state index in [0.717, 1.165) is 44.1 Å². The van der Waals surface area contributed by atoms with Gasteiger partial charge in [0, 0.05) is 18.4 Å². The van der Waals surface area contributed by atoms with Crippen LogP contribution in [0.15, 0.2) is 18.7 Å². The van der Waals surface area contributed by atoms with Crippen LogP contribution in [0.3, 0.4) is 0 Å². The van der Waals surface area contributed by atoms with Gasteiger partial charge in [0.1, 0.15) is 6.33 Å². The molecule has 4 atom stereocenters. The fraction of sp³-hybridized carbons (Fsp3) is 0.706. The zero-order valence-corrected chi connectivity index (χ0v) is 13.7. The largest absolute Gasteiger partial charge is 0.393 e. The third kappa shape index (κ3) is 3.10. The molecule has 1 N–H and O–H groups in total. The zero-order valence-electron chi connectivity index (χ0n) is 13.7. The number of aliphatic hydroxyl groups excluding tert-OH is 1. The number of rotatable bonds is 5. The van der Waals surface area contributed by atoms with Crippen molar-refractivity contribution in [3.8, 4) is 0 Å². The minimum Gasteiger partial charge on any atom is -0.393 e. The molecule has 2 saturated carbocycles. The Balaban J connectivity index is 1.26. The van der Waals surface area contributed by atoms with Gasteiger partial charge in [-0.15, -0.1) is 0 Å². The molecule has 2 fully saturated rings. The summed E-state index contributed by atoms with van der Waals surface area (Å²) in [5.41, 5.74) is 1.21. The number of hydrogen-bond donors (Lipinski definition) is 1. The normalized spacial score (nSPS) is 30.4. The Morgan fingerprint density at radius 1 is 1.22 bits per heavy atom. The highest BCUT2D eigenvalue weighted by molar-refractivity contribution is 5.25. The van der Waals surface area contributed by atoms with E-state index in [2.05, 4.69) is 27.0 Å². The van der Waals surface area contributed by atoms with Gasteiger partial charge in [0.15, 0.2) is 0 Å². The maximum absolute atomic E-state index is 9.76. The molecule has 0 aromatic carbocycles. The lowest BCUT2D eigenvalue weighted by Gasteiger charge is -2.25. The van der Waals surface area contributed by atoms with Crippen molar-refractivity contribution in [2.24, 2.45) is 11.8 Å². The monoisotopic (exact) mass is 315 g/mol. The Morgan fingerprint density at radius 3 is 2.78 bits per heavy atom. The molecule has 6 nitrogen and oxygen atoms in total. The van der Waals surface area contributed by atoms with E-state index < -0.39 is 0 Å².